The molecule has 0 aliphatic heterocycles. The van der Waals surface area contributed by atoms with Crippen molar-refractivity contribution >= 4 is 5.97 Å². The maximum absolute atomic E-state index is 11.9. The van der Waals surface area contributed by atoms with Gasteiger partial charge in [0.2, 0.25) is 0 Å². The Morgan fingerprint density at radius 3 is 2.37 bits per heavy atom. The standard InChI is InChI=1S/C16H16O3/c1-12(14-7-9-15(17)10-8-14)16(18)19-11-13-5-3-2-4-6-13/h2-10,12,17H,11H2,1H3/t12-/m0/s1. The molecule has 0 aliphatic carbocycles. The van der Waals surface area contributed by atoms with E-state index in [0.717, 1.165) is 11.1 Å². The third kappa shape index (κ3) is 3.58. The van der Waals surface area contributed by atoms with Crippen LogP contribution in [0, 0.1) is 0 Å². The van der Waals surface area contributed by atoms with E-state index < -0.39 is 0 Å². The summed E-state index contributed by atoms with van der Waals surface area (Å²) >= 11 is 0. The number of benzene rings is 2. The Bertz CT molecular complexity index is 532. The van der Waals surface area contributed by atoms with E-state index in [-0.39, 0.29) is 24.2 Å². The van der Waals surface area contributed by atoms with E-state index in [0.29, 0.717) is 0 Å². The zero-order valence-corrected chi connectivity index (χ0v) is 10.7. The molecule has 0 saturated carbocycles. The van der Waals surface area contributed by atoms with Crippen LogP contribution in [-0.2, 0) is 16.1 Å². The van der Waals surface area contributed by atoms with Crippen LogP contribution in [0.3, 0.4) is 0 Å². The van der Waals surface area contributed by atoms with Gasteiger partial charge in [-0.05, 0) is 30.2 Å². The number of phenols is 1. The van der Waals surface area contributed by atoms with Gasteiger partial charge in [-0.15, -0.1) is 0 Å². The molecule has 0 heterocycles. The molecule has 0 spiro atoms. The lowest BCUT2D eigenvalue weighted by molar-refractivity contribution is -0.146. The van der Waals surface area contributed by atoms with Crippen LogP contribution in [0.5, 0.6) is 5.75 Å². The first-order valence-corrected chi connectivity index (χ1v) is 6.16. The summed E-state index contributed by atoms with van der Waals surface area (Å²) in [4.78, 5) is 11.9. The normalized spacial score (nSPS) is 11.8. The van der Waals surface area contributed by atoms with Crippen molar-refractivity contribution in [2.45, 2.75) is 19.4 Å². The lowest BCUT2D eigenvalue weighted by atomic mass is 10.0. The van der Waals surface area contributed by atoms with E-state index in [1.807, 2.05) is 30.3 Å². The highest BCUT2D eigenvalue weighted by Crippen LogP contribution is 2.20. The molecule has 19 heavy (non-hydrogen) atoms. The zero-order valence-electron chi connectivity index (χ0n) is 10.7. The molecule has 0 unspecified atom stereocenters. The molecule has 2 rings (SSSR count). The van der Waals surface area contributed by atoms with Gasteiger partial charge in [-0.2, -0.15) is 0 Å². The van der Waals surface area contributed by atoms with Crippen LogP contribution < -0.4 is 0 Å². The second-order valence-electron chi connectivity index (χ2n) is 4.41. The van der Waals surface area contributed by atoms with Crippen LogP contribution in [0.1, 0.15) is 24.0 Å². The fourth-order valence-electron chi connectivity index (χ4n) is 1.75. The third-order valence-electron chi connectivity index (χ3n) is 2.97. The lowest BCUT2D eigenvalue weighted by Gasteiger charge is -2.12. The first kappa shape index (κ1) is 13.1. The van der Waals surface area contributed by atoms with Crippen molar-refractivity contribution in [3.63, 3.8) is 0 Å². The summed E-state index contributed by atoms with van der Waals surface area (Å²) in [5.41, 5.74) is 1.80. The topological polar surface area (TPSA) is 46.5 Å². The summed E-state index contributed by atoms with van der Waals surface area (Å²) in [5.74, 6) is -0.424. The molecule has 0 aliphatic rings. The SMILES string of the molecule is C[C@H](C(=O)OCc1ccccc1)c1ccc(O)cc1. The third-order valence-corrected chi connectivity index (χ3v) is 2.97. The fourth-order valence-corrected chi connectivity index (χ4v) is 1.75. The molecule has 0 radical (unpaired) electrons. The van der Waals surface area contributed by atoms with E-state index in [9.17, 15) is 9.90 Å². The maximum Gasteiger partial charge on any atom is 0.313 e. The maximum atomic E-state index is 11.9. The summed E-state index contributed by atoms with van der Waals surface area (Å²) < 4.78 is 5.27. The molecule has 3 heteroatoms. The highest BCUT2D eigenvalue weighted by Gasteiger charge is 2.16. The summed E-state index contributed by atoms with van der Waals surface area (Å²) in [6.07, 6.45) is 0. The number of aromatic hydroxyl groups is 1. The van der Waals surface area contributed by atoms with E-state index in [1.165, 1.54) is 0 Å². The minimum absolute atomic E-state index is 0.189. The Morgan fingerprint density at radius 2 is 1.74 bits per heavy atom. The zero-order chi connectivity index (χ0) is 13.7. The average Bonchev–Trinajstić information content (AvgIpc) is 2.46. The molecule has 3 nitrogen and oxygen atoms in total. The van der Waals surface area contributed by atoms with Crippen molar-refractivity contribution in [3.05, 3.63) is 65.7 Å². The molecular formula is C16H16O3. The summed E-state index contributed by atoms with van der Waals surface area (Å²) in [5, 5.41) is 9.21. The largest absolute Gasteiger partial charge is 0.508 e. The number of hydrogen-bond donors (Lipinski definition) is 1. The van der Waals surface area contributed by atoms with Crippen molar-refractivity contribution in [2.24, 2.45) is 0 Å². The van der Waals surface area contributed by atoms with E-state index >= 15 is 0 Å². The molecule has 0 fully saturated rings. The Morgan fingerprint density at radius 1 is 1.11 bits per heavy atom. The molecule has 0 aromatic heterocycles. The molecule has 98 valence electrons. The predicted molar refractivity (Wildman–Crippen MR) is 72.8 cm³/mol. The van der Waals surface area contributed by atoms with Gasteiger partial charge < -0.3 is 9.84 Å². The summed E-state index contributed by atoms with van der Waals surface area (Å²) in [7, 11) is 0. The Kier molecular flexibility index (Phi) is 4.18. The van der Waals surface area contributed by atoms with Crippen molar-refractivity contribution in [1.29, 1.82) is 0 Å². The summed E-state index contributed by atoms with van der Waals surface area (Å²) in [6, 6.07) is 16.2. The number of carbonyl (C=O) groups excluding carboxylic acids is 1. The number of phenolic OH excluding ortho intramolecular Hbond substituents is 1. The first-order chi connectivity index (χ1) is 9.16. The van der Waals surface area contributed by atoms with Crippen molar-refractivity contribution < 1.29 is 14.6 Å². The number of rotatable bonds is 4. The van der Waals surface area contributed by atoms with Gasteiger partial charge in [0.1, 0.15) is 12.4 Å². The smallest absolute Gasteiger partial charge is 0.313 e. The second kappa shape index (κ2) is 6.05. The number of carbonyl (C=O) groups is 1. The number of esters is 1. The van der Waals surface area contributed by atoms with Gasteiger partial charge in [0.15, 0.2) is 0 Å². The van der Waals surface area contributed by atoms with E-state index in [1.54, 1.807) is 31.2 Å². The quantitative estimate of drug-likeness (QED) is 0.854. The van der Waals surface area contributed by atoms with Crippen molar-refractivity contribution in [2.75, 3.05) is 0 Å². The van der Waals surface area contributed by atoms with Gasteiger partial charge in [-0.1, -0.05) is 42.5 Å². The molecule has 1 atom stereocenters. The van der Waals surface area contributed by atoms with Crippen LogP contribution in [-0.4, -0.2) is 11.1 Å². The second-order valence-corrected chi connectivity index (χ2v) is 4.41. The molecule has 1 N–H and O–H groups in total. The number of hydrogen-bond acceptors (Lipinski definition) is 3. The van der Waals surface area contributed by atoms with Gasteiger partial charge in [0.25, 0.3) is 0 Å². The van der Waals surface area contributed by atoms with Crippen LogP contribution >= 0.6 is 0 Å². The van der Waals surface area contributed by atoms with Gasteiger partial charge in [0.05, 0.1) is 5.92 Å². The average molecular weight is 256 g/mol. The highest BCUT2D eigenvalue weighted by molar-refractivity contribution is 5.77. The molecular weight excluding hydrogens is 240 g/mol. The van der Waals surface area contributed by atoms with Gasteiger partial charge in [-0.3, -0.25) is 4.79 Å². The first-order valence-electron chi connectivity index (χ1n) is 6.16. The Hall–Kier alpha value is -2.29. The van der Waals surface area contributed by atoms with E-state index in [4.69, 9.17) is 4.74 Å². The monoisotopic (exact) mass is 256 g/mol. The van der Waals surface area contributed by atoms with Crippen LogP contribution in [0.15, 0.2) is 54.6 Å². The summed E-state index contributed by atoms with van der Waals surface area (Å²) in [6.45, 7) is 2.07. The molecule has 2 aromatic carbocycles. The van der Waals surface area contributed by atoms with Crippen LogP contribution in [0.2, 0.25) is 0 Å². The highest BCUT2D eigenvalue weighted by atomic mass is 16.5. The lowest BCUT2D eigenvalue weighted by Crippen LogP contribution is -2.13. The van der Waals surface area contributed by atoms with Crippen molar-refractivity contribution in [1.82, 2.24) is 0 Å². The molecule has 2 aromatic rings. The Balaban J connectivity index is 1.94. The predicted octanol–water partition coefficient (Wildman–Crippen LogP) is 3.24. The van der Waals surface area contributed by atoms with E-state index in [2.05, 4.69) is 0 Å². The van der Waals surface area contributed by atoms with Crippen molar-refractivity contribution in [3.8, 4) is 5.75 Å². The molecule has 0 saturated heterocycles. The Labute approximate surface area is 112 Å². The van der Waals surface area contributed by atoms with Gasteiger partial charge >= 0.3 is 5.97 Å². The van der Waals surface area contributed by atoms with Crippen LogP contribution in [0.4, 0.5) is 0 Å². The minimum Gasteiger partial charge on any atom is -0.508 e. The minimum atomic E-state index is -0.343. The molecule has 0 amide bonds. The van der Waals surface area contributed by atoms with Gasteiger partial charge in [0, 0.05) is 0 Å². The van der Waals surface area contributed by atoms with Crippen LogP contribution in [0.25, 0.3) is 0 Å². The molecule has 0 bridgehead atoms. The van der Waals surface area contributed by atoms with Gasteiger partial charge in [-0.25, -0.2) is 0 Å². The fraction of sp³-hybridized carbons (Fsp3) is 0.188. The number of ether oxygens (including phenoxy) is 1.